The molecule has 164 valence electrons. The van der Waals surface area contributed by atoms with E-state index in [1.165, 1.54) is 12.1 Å². The van der Waals surface area contributed by atoms with Gasteiger partial charge >= 0.3 is 0 Å². The van der Waals surface area contributed by atoms with E-state index >= 15 is 0 Å². The molecule has 0 aliphatic heterocycles. The van der Waals surface area contributed by atoms with E-state index in [4.69, 9.17) is 14.2 Å². The Bertz CT molecular complexity index is 931. The van der Waals surface area contributed by atoms with Crippen molar-refractivity contribution in [1.82, 2.24) is 4.90 Å². The van der Waals surface area contributed by atoms with Crippen LogP contribution in [0.1, 0.15) is 11.1 Å². The SMILES string of the molecule is COc1ccc(OCC(O)CN(Cc2ccc(F)cc2)Cc2cccc(OC)c2)cc1. The van der Waals surface area contributed by atoms with Gasteiger partial charge in [0.05, 0.1) is 14.2 Å². The Morgan fingerprint density at radius 3 is 2.13 bits per heavy atom. The molecule has 0 saturated carbocycles. The highest BCUT2D eigenvalue weighted by molar-refractivity contribution is 5.31. The summed E-state index contributed by atoms with van der Waals surface area (Å²) in [6, 6.07) is 21.5. The summed E-state index contributed by atoms with van der Waals surface area (Å²) in [5.41, 5.74) is 2.03. The quantitative estimate of drug-likeness (QED) is 0.497. The van der Waals surface area contributed by atoms with Crippen molar-refractivity contribution in [3.63, 3.8) is 0 Å². The van der Waals surface area contributed by atoms with Gasteiger partial charge in [-0.2, -0.15) is 0 Å². The van der Waals surface area contributed by atoms with Gasteiger partial charge in [0.1, 0.15) is 35.8 Å². The molecule has 0 aliphatic rings. The molecule has 0 bridgehead atoms. The van der Waals surface area contributed by atoms with E-state index in [0.29, 0.717) is 25.4 Å². The smallest absolute Gasteiger partial charge is 0.123 e. The summed E-state index contributed by atoms with van der Waals surface area (Å²) < 4.78 is 29.5. The molecule has 1 unspecified atom stereocenters. The highest BCUT2D eigenvalue weighted by Crippen LogP contribution is 2.19. The minimum atomic E-state index is -0.701. The highest BCUT2D eigenvalue weighted by Gasteiger charge is 2.15. The van der Waals surface area contributed by atoms with Crippen LogP contribution in [0.5, 0.6) is 17.2 Å². The monoisotopic (exact) mass is 425 g/mol. The summed E-state index contributed by atoms with van der Waals surface area (Å²) in [4.78, 5) is 2.10. The molecule has 0 heterocycles. The first-order valence-electron chi connectivity index (χ1n) is 10.1. The summed E-state index contributed by atoms with van der Waals surface area (Å²) in [5, 5.41) is 10.6. The molecular weight excluding hydrogens is 397 g/mol. The first kappa shape index (κ1) is 22.6. The molecule has 0 fully saturated rings. The fourth-order valence-corrected chi connectivity index (χ4v) is 3.28. The van der Waals surface area contributed by atoms with Crippen molar-refractivity contribution >= 4 is 0 Å². The van der Waals surface area contributed by atoms with Crippen LogP contribution in [0.15, 0.2) is 72.8 Å². The van der Waals surface area contributed by atoms with E-state index in [1.54, 1.807) is 38.5 Å². The van der Waals surface area contributed by atoms with Gasteiger partial charge in [0.25, 0.3) is 0 Å². The number of benzene rings is 3. The molecule has 0 aliphatic carbocycles. The Morgan fingerprint density at radius 1 is 0.806 bits per heavy atom. The number of hydrogen-bond donors (Lipinski definition) is 1. The summed E-state index contributed by atoms with van der Waals surface area (Å²) in [6.45, 7) is 1.72. The summed E-state index contributed by atoms with van der Waals surface area (Å²) in [7, 11) is 3.24. The van der Waals surface area contributed by atoms with Crippen molar-refractivity contribution in [1.29, 1.82) is 0 Å². The second kappa shape index (κ2) is 11.3. The predicted molar refractivity (Wildman–Crippen MR) is 118 cm³/mol. The van der Waals surface area contributed by atoms with Gasteiger partial charge in [0.15, 0.2) is 0 Å². The molecule has 0 aromatic heterocycles. The minimum Gasteiger partial charge on any atom is -0.497 e. The number of aliphatic hydroxyl groups is 1. The number of halogens is 1. The lowest BCUT2D eigenvalue weighted by Crippen LogP contribution is -2.35. The topological polar surface area (TPSA) is 51.2 Å². The van der Waals surface area contributed by atoms with Crippen LogP contribution in [0.4, 0.5) is 4.39 Å². The van der Waals surface area contributed by atoms with Crippen LogP contribution < -0.4 is 14.2 Å². The molecule has 31 heavy (non-hydrogen) atoms. The standard InChI is InChI=1S/C25H28FNO4/c1-29-23-10-12-24(13-11-23)31-18-22(28)17-27(15-19-6-8-21(26)9-7-19)16-20-4-3-5-25(14-20)30-2/h3-14,22,28H,15-18H2,1-2H3. The number of rotatable bonds is 11. The molecule has 1 N–H and O–H groups in total. The molecule has 3 rings (SSSR count). The first-order valence-corrected chi connectivity index (χ1v) is 10.1. The van der Waals surface area contributed by atoms with E-state index in [-0.39, 0.29) is 12.4 Å². The van der Waals surface area contributed by atoms with Crippen LogP contribution in [0.2, 0.25) is 0 Å². The van der Waals surface area contributed by atoms with Crippen LogP contribution >= 0.6 is 0 Å². The Morgan fingerprint density at radius 2 is 1.45 bits per heavy atom. The maximum absolute atomic E-state index is 13.3. The van der Waals surface area contributed by atoms with Gasteiger partial charge in [-0.3, -0.25) is 4.90 Å². The summed E-state index contributed by atoms with van der Waals surface area (Å²) in [6.07, 6.45) is -0.701. The second-order valence-corrected chi connectivity index (χ2v) is 7.29. The molecule has 3 aromatic rings. The van der Waals surface area contributed by atoms with Gasteiger partial charge in [0, 0.05) is 19.6 Å². The van der Waals surface area contributed by atoms with Crippen LogP contribution in [0.25, 0.3) is 0 Å². The zero-order valence-corrected chi connectivity index (χ0v) is 17.8. The third-order valence-electron chi connectivity index (χ3n) is 4.83. The fraction of sp³-hybridized carbons (Fsp3) is 0.280. The molecular formula is C25H28FNO4. The molecule has 0 spiro atoms. The predicted octanol–water partition coefficient (Wildman–Crippen LogP) is 4.29. The lowest BCUT2D eigenvalue weighted by molar-refractivity contribution is 0.0628. The number of nitrogens with zero attached hydrogens (tertiary/aromatic N) is 1. The van der Waals surface area contributed by atoms with Gasteiger partial charge in [-0.25, -0.2) is 4.39 Å². The largest absolute Gasteiger partial charge is 0.497 e. The molecule has 3 aromatic carbocycles. The van der Waals surface area contributed by atoms with Crippen molar-refractivity contribution in [3.8, 4) is 17.2 Å². The Kier molecular flexibility index (Phi) is 8.27. The van der Waals surface area contributed by atoms with E-state index in [9.17, 15) is 9.50 Å². The van der Waals surface area contributed by atoms with Crippen LogP contribution in [0, 0.1) is 5.82 Å². The number of hydrogen-bond acceptors (Lipinski definition) is 5. The van der Waals surface area contributed by atoms with E-state index < -0.39 is 6.10 Å². The average molecular weight is 426 g/mol. The second-order valence-electron chi connectivity index (χ2n) is 7.29. The number of ether oxygens (including phenoxy) is 3. The molecule has 0 radical (unpaired) electrons. The fourth-order valence-electron chi connectivity index (χ4n) is 3.28. The minimum absolute atomic E-state index is 0.157. The Labute approximate surface area is 182 Å². The molecule has 5 nitrogen and oxygen atoms in total. The third kappa shape index (κ3) is 7.27. The normalized spacial score (nSPS) is 11.9. The molecule has 0 saturated heterocycles. The first-order chi connectivity index (χ1) is 15.1. The zero-order chi connectivity index (χ0) is 22.1. The van der Waals surface area contributed by atoms with Crippen molar-refractivity contribution in [2.45, 2.75) is 19.2 Å². The Hall–Kier alpha value is -3.09. The van der Waals surface area contributed by atoms with Crippen molar-refractivity contribution < 1.29 is 23.7 Å². The summed E-state index contributed by atoms with van der Waals surface area (Å²) in [5.74, 6) is 1.92. The van der Waals surface area contributed by atoms with E-state index in [2.05, 4.69) is 4.90 Å². The number of aliphatic hydroxyl groups excluding tert-OH is 1. The van der Waals surface area contributed by atoms with Crippen LogP contribution in [-0.2, 0) is 13.1 Å². The van der Waals surface area contributed by atoms with Gasteiger partial charge in [0.2, 0.25) is 0 Å². The van der Waals surface area contributed by atoms with Gasteiger partial charge in [-0.05, 0) is 59.7 Å². The van der Waals surface area contributed by atoms with Crippen LogP contribution in [0.3, 0.4) is 0 Å². The van der Waals surface area contributed by atoms with E-state index in [0.717, 1.165) is 22.6 Å². The maximum atomic E-state index is 13.3. The number of methoxy groups -OCH3 is 2. The van der Waals surface area contributed by atoms with Gasteiger partial charge in [-0.15, -0.1) is 0 Å². The zero-order valence-electron chi connectivity index (χ0n) is 17.8. The highest BCUT2D eigenvalue weighted by atomic mass is 19.1. The van der Waals surface area contributed by atoms with Crippen molar-refractivity contribution in [2.75, 3.05) is 27.4 Å². The lowest BCUT2D eigenvalue weighted by Gasteiger charge is -2.25. The van der Waals surface area contributed by atoms with Crippen LogP contribution in [-0.4, -0.2) is 43.5 Å². The van der Waals surface area contributed by atoms with Crippen molar-refractivity contribution in [3.05, 3.63) is 89.7 Å². The molecule has 0 amide bonds. The maximum Gasteiger partial charge on any atom is 0.123 e. The Balaban J connectivity index is 1.64. The lowest BCUT2D eigenvalue weighted by atomic mass is 10.1. The average Bonchev–Trinajstić information content (AvgIpc) is 2.79. The third-order valence-corrected chi connectivity index (χ3v) is 4.83. The van der Waals surface area contributed by atoms with E-state index in [1.807, 2.05) is 36.4 Å². The summed E-state index contributed by atoms with van der Waals surface area (Å²) >= 11 is 0. The van der Waals surface area contributed by atoms with Gasteiger partial charge < -0.3 is 19.3 Å². The molecule has 1 atom stereocenters. The van der Waals surface area contributed by atoms with Crippen molar-refractivity contribution in [2.24, 2.45) is 0 Å². The molecule has 6 heteroatoms. The van der Waals surface area contributed by atoms with Gasteiger partial charge in [-0.1, -0.05) is 24.3 Å².